The number of rotatable bonds is 7. The molecule has 4 N–H and O–H groups in total. The summed E-state index contributed by atoms with van der Waals surface area (Å²) >= 11 is 0. The van der Waals surface area contributed by atoms with Gasteiger partial charge in [0.15, 0.2) is 0 Å². The molecule has 136 valence electrons. The van der Waals surface area contributed by atoms with Gasteiger partial charge in [-0.05, 0) is 38.2 Å². The average Bonchev–Trinajstić information content (AvgIpc) is 2.95. The minimum atomic E-state index is -0.748. The van der Waals surface area contributed by atoms with Crippen LogP contribution in [0.5, 0.6) is 0 Å². The van der Waals surface area contributed by atoms with Crippen molar-refractivity contribution < 1.29 is 14.7 Å². The van der Waals surface area contributed by atoms with E-state index in [2.05, 4.69) is 22.3 Å². The molecule has 2 fully saturated rings. The van der Waals surface area contributed by atoms with Crippen LogP contribution in [0.15, 0.2) is 30.3 Å². The summed E-state index contributed by atoms with van der Waals surface area (Å²) in [6.45, 7) is 3.01. The van der Waals surface area contributed by atoms with Crippen LogP contribution in [0.4, 0.5) is 0 Å². The maximum atomic E-state index is 12.3. The predicted molar refractivity (Wildman–Crippen MR) is 94.3 cm³/mol. The lowest BCUT2D eigenvalue weighted by Crippen LogP contribution is -2.71. The van der Waals surface area contributed by atoms with Crippen LogP contribution in [0.1, 0.15) is 38.2 Å². The SMILES string of the molecule is C[C@@H](O)[C@H](CCC1CCC2(CNC2=O)N1Cc1ccccc1)C(N)=O. The molecule has 2 heterocycles. The molecule has 2 saturated heterocycles. The fraction of sp³-hybridized carbons (Fsp3) is 0.579. The number of carbonyl (C=O) groups excluding carboxylic acids is 2. The summed E-state index contributed by atoms with van der Waals surface area (Å²) in [6.07, 6.45) is 2.31. The van der Waals surface area contributed by atoms with Crippen molar-refractivity contribution in [1.82, 2.24) is 10.2 Å². The van der Waals surface area contributed by atoms with Crippen LogP contribution in [0.25, 0.3) is 0 Å². The molecule has 0 bridgehead atoms. The Morgan fingerprint density at radius 2 is 2.16 bits per heavy atom. The van der Waals surface area contributed by atoms with Gasteiger partial charge in [0.1, 0.15) is 5.54 Å². The number of aliphatic hydroxyl groups excluding tert-OH is 1. The van der Waals surface area contributed by atoms with Gasteiger partial charge < -0.3 is 16.2 Å². The Labute approximate surface area is 148 Å². The van der Waals surface area contributed by atoms with Crippen LogP contribution in [0.3, 0.4) is 0 Å². The van der Waals surface area contributed by atoms with Gasteiger partial charge in [-0.1, -0.05) is 30.3 Å². The molecular formula is C19H27N3O3. The predicted octanol–water partition coefficient (Wildman–Crippen LogP) is 0.782. The fourth-order valence-corrected chi connectivity index (χ4v) is 4.21. The minimum absolute atomic E-state index is 0.105. The van der Waals surface area contributed by atoms with Gasteiger partial charge in [-0.2, -0.15) is 0 Å². The Balaban J connectivity index is 1.73. The third kappa shape index (κ3) is 3.41. The number of hydrogen-bond acceptors (Lipinski definition) is 4. The smallest absolute Gasteiger partial charge is 0.242 e. The molecule has 2 aliphatic rings. The molecule has 6 heteroatoms. The number of aliphatic hydroxyl groups is 1. The lowest BCUT2D eigenvalue weighted by molar-refractivity contribution is -0.143. The van der Waals surface area contributed by atoms with Crippen molar-refractivity contribution in [3.8, 4) is 0 Å². The lowest BCUT2D eigenvalue weighted by Gasteiger charge is -2.46. The van der Waals surface area contributed by atoms with Crippen molar-refractivity contribution in [2.24, 2.45) is 11.7 Å². The van der Waals surface area contributed by atoms with Gasteiger partial charge in [0, 0.05) is 19.1 Å². The zero-order valence-electron chi connectivity index (χ0n) is 14.6. The molecule has 25 heavy (non-hydrogen) atoms. The number of likely N-dealkylation sites (tertiary alicyclic amines) is 1. The number of nitrogens with zero attached hydrogens (tertiary/aromatic N) is 1. The Morgan fingerprint density at radius 3 is 2.68 bits per heavy atom. The van der Waals surface area contributed by atoms with Gasteiger partial charge in [0.05, 0.1) is 12.0 Å². The van der Waals surface area contributed by atoms with Gasteiger partial charge in [-0.3, -0.25) is 14.5 Å². The first-order valence-electron chi connectivity index (χ1n) is 9.00. The molecule has 0 radical (unpaired) electrons. The molecule has 0 aromatic heterocycles. The molecule has 0 aliphatic carbocycles. The number of benzene rings is 1. The van der Waals surface area contributed by atoms with Gasteiger partial charge in [0.2, 0.25) is 11.8 Å². The number of nitrogens with one attached hydrogen (secondary N) is 1. The Kier molecular flexibility index (Phi) is 5.11. The van der Waals surface area contributed by atoms with Crippen molar-refractivity contribution >= 4 is 11.8 Å². The molecule has 4 atom stereocenters. The highest BCUT2D eigenvalue weighted by atomic mass is 16.3. The summed E-state index contributed by atoms with van der Waals surface area (Å²) < 4.78 is 0. The van der Waals surface area contributed by atoms with Crippen LogP contribution in [-0.2, 0) is 16.1 Å². The molecule has 3 rings (SSSR count). The van der Waals surface area contributed by atoms with Gasteiger partial charge in [-0.25, -0.2) is 0 Å². The number of hydrogen-bond donors (Lipinski definition) is 3. The molecule has 2 unspecified atom stereocenters. The molecule has 2 aliphatic heterocycles. The van der Waals surface area contributed by atoms with E-state index in [1.807, 2.05) is 18.2 Å². The van der Waals surface area contributed by atoms with Gasteiger partial charge in [-0.15, -0.1) is 0 Å². The van der Waals surface area contributed by atoms with Crippen LogP contribution >= 0.6 is 0 Å². The van der Waals surface area contributed by atoms with Crippen LogP contribution < -0.4 is 11.1 Å². The van der Waals surface area contributed by atoms with Gasteiger partial charge >= 0.3 is 0 Å². The van der Waals surface area contributed by atoms with Gasteiger partial charge in [0.25, 0.3) is 0 Å². The quantitative estimate of drug-likeness (QED) is 0.637. The fourth-order valence-electron chi connectivity index (χ4n) is 4.21. The van der Waals surface area contributed by atoms with E-state index < -0.39 is 23.5 Å². The first kappa shape index (κ1) is 17.9. The van der Waals surface area contributed by atoms with E-state index >= 15 is 0 Å². The van der Waals surface area contributed by atoms with E-state index in [-0.39, 0.29) is 11.9 Å². The third-order valence-electron chi connectivity index (χ3n) is 5.80. The Morgan fingerprint density at radius 1 is 1.44 bits per heavy atom. The van der Waals surface area contributed by atoms with Crippen molar-refractivity contribution in [3.05, 3.63) is 35.9 Å². The van der Waals surface area contributed by atoms with Crippen molar-refractivity contribution in [2.45, 2.75) is 56.8 Å². The highest BCUT2D eigenvalue weighted by Crippen LogP contribution is 2.41. The lowest BCUT2D eigenvalue weighted by atomic mass is 9.88. The van der Waals surface area contributed by atoms with E-state index in [1.54, 1.807) is 6.92 Å². The Hall–Kier alpha value is -1.92. The standard InChI is InChI=1S/C19H27N3O3/c1-13(23)16(17(20)24)8-7-15-9-10-19(12-21-18(19)25)22(15)11-14-5-3-2-4-6-14/h2-6,13,15-16,23H,7-12H2,1H3,(H2,20,24)(H,21,25)/t13-,15?,16+,19?/m1/s1. The van der Waals surface area contributed by atoms with Crippen LogP contribution in [0, 0.1) is 5.92 Å². The highest BCUT2D eigenvalue weighted by molar-refractivity contribution is 5.93. The van der Waals surface area contributed by atoms with E-state index in [9.17, 15) is 14.7 Å². The number of β-lactam (4-membered cyclic amide) rings is 1. The molecule has 1 aromatic rings. The van der Waals surface area contributed by atoms with E-state index in [1.165, 1.54) is 5.56 Å². The highest BCUT2D eigenvalue weighted by Gasteiger charge is 2.56. The second-order valence-corrected chi connectivity index (χ2v) is 7.35. The maximum absolute atomic E-state index is 12.3. The number of nitrogens with two attached hydrogens (primary N) is 1. The van der Waals surface area contributed by atoms with E-state index in [0.29, 0.717) is 13.0 Å². The zero-order valence-corrected chi connectivity index (χ0v) is 14.6. The molecule has 1 spiro atoms. The number of primary amides is 1. The summed E-state index contributed by atoms with van der Waals surface area (Å²) in [4.78, 5) is 26.1. The topological polar surface area (TPSA) is 95.7 Å². The summed E-state index contributed by atoms with van der Waals surface area (Å²) in [5.74, 6) is -0.892. The van der Waals surface area contributed by atoms with Crippen LogP contribution in [-0.4, -0.2) is 46.1 Å². The third-order valence-corrected chi connectivity index (χ3v) is 5.80. The molecular weight excluding hydrogens is 318 g/mol. The van der Waals surface area contributed by atoms with Crippen LogP contribution in [0.2, 0.25) is 0 Å². The number of carbonyl (C=O) groups is 2. The largest absolute Gasteiger partial charge is 0.393 e. The van der Waals surface area contributed by atoms with E-state index in [0.717, 1.165) is 25.8 Å². The zero-order chi connectivity index (χ0) is 18.0. The molecule has 1 aromatic carbocycles. The second-order valence-electron chi connectivity index (χ2n) is 7.35. The molecule has 2 amide bonds. The molecule has 6 nitrogen and oxygen atoms in total. The second kappa shape index (κ2) is 7.14. The van der Waals surface area contributed by atoms with Crippen molar-refractivity contribution in [1.29, 1.82) is 0 Å². The van der Waals surface area contributed by atoms with Crippen molar-refractivity contribution in [2.75, 3.05) is 6.54 Å². The average molecular weight is 345 g/mol. The summed E-state index contributed by atoms with van der Waals surface area (Å²) in [6, 6.07) is 10.3. The normalized spacial score (nSPS) is 28.4. The maximum Gasteiger partial charge on any atom is 0.242 e. The Bertz CT molecular complexity index is 634. The summed E-state index contributed by atoms with van der Waals surface area (Å²) in [7, 11) is 0. The first-order valence-corrected chi connectivity index (χ1v) is 9.00. The number of amides is 2. The van der Waals surface area contributed by atoms with E-state index in [4.69, 9.17) is 5.73 Å². The minimum Gasteiger partial charge on any atom is -0.393 e. The summed E-state index contributed by atoms with van der Waals surface area (Å²) in [5.41, 5.74) is 6.18. The molecule has 0 saturated carbocycles. The summed E-state index contributed by atoms with van der Waals surface area (Å²) in [5, 5.41) is 12.7. The first-order chi connectivity index (χ1) is 11.9. The monoisotopic (exact) mass is 345 g/mol. The van der Waals surface area contributed by atoms with Crippen molar-refractivity contribution in [3.63, 3.8) is 0 Å².